The van der Waals surface area contributed by atoms with Gasteiger partial charge in [-0.2, -0.15) is 0 Å². The second kappa shape index (κ2) is 19.2. The number of hydrogen-bond acceptors (Lipinski definition) is 7. The van der Waals surface area contributed by atoms with Crippen molar-refractivity contribution in [2.45, 2.75) is 20.0 Å². The summed E-state index contributed by atoms with van der Waals surface area (Å²) in [6.07, 6.45) is -0.954. The zero-order valence-corrected chi connectivity index (χ0v) is 10.1. The van der Waals surface area contributed by atoms with Crippen LogP contribution in [0.2, 0.25) is 0 Å². The fraction of sp³-hybridized carbons (Fsp3) is 0.714. The molecule has 15 heavy (non-hydrogen) atoms. The Bertz CT molecular complexity index is 126. The molecule has 0 bridgehead atoms. The summed E-state index contributed by atoms with van der Waals surface area (Å²) < 4.78 is 0. The van der Waals surface area contributed by atoms with Crippen molar-refractivity contribution < 1.29 is 35.1 Å². The van der Waals surface area contributed by atoms with E-state index in [1.165, 1.54) is 0 Å². The van der Waals surface area contributed by atoms with E-state index in [4.69, 9.17) is 35.1 Å². The van der Waals surface area contributed by atoms with E-state index in [1.807, 2.05) is 0 Å². The third kappa shape index (κ3) is 142. The summed E-state index contributed by atoms with van der Waals surface area (Å²) in [6, 6.07) is 0. The van der Waals surface area contributed by atoms with Crippen LogP contribution in [0.4, 0.5) is 0 Å². The van der Waals surface area contributed by atoms with Crippen molar-refractivity contribution in [3.8, 4) is 0 Å². The van der Waals surface area contributed by atoms with Gasteiger partial charge in [0.05, 0.1) is 13.2 Å². The first-order valence-corrected chi connectivity index (χ1v) is 3.52. The van der Waals surface area contributed by atoms with Crippen LogP contribution in [-0.4, -0.2) is 69.6 Å². The normalized spacial score (nSPS) is 7.33. The predicted octanol–water partition coefficient (Wildman–Crippen LogP) is -4.54. The molecule has 86 valence electrons. The fourth-order valence-electron chi connectivity index (χ4n) is 0.0577. The minimum absolute atomic E-state index is 0. The van der Waals surface area contributed by atoms with Crippen LogP contribution in [0.15, 0.2) is 0 Å². The Balaban J connectivity index is -0.0000000606. The fourth-order valence-corrected chi connectivity index (χ4v) is 0.0577. The molecule has 0 unspecified atom stereocenters. The van der Waals surface area contributed by atoms with E-state index in [1.54, 1.807) is 0 Å². The van der Waals surface area contributed by atoms with Gasteiger partial charge < -0.3 is 35.1 Å². The molecule has 3 N–H and O–H groups in total. The molecule has 0 saturated carbocycles. The summed E-state index contributed by atoms with van der Waals surface area (Å²) in [5, 5.41) is 41.8. The molecule has 0 aromatic carbocycles. The van der Waals surface area contributed by atoms with Crippen LogP contribution in [0.3, 0.4) is 0 Å². The molecule has 7 nitrogen and oxygen atoms in total. The van der Waals surface area contributed by atoms with Gasteiger partial charge in [0, 0.05) is 11.9 Å². The van der Waals surface area contributed by atoms with E-state index in [9.17, 15) is 0 Å². The maximum Gasteiger partial charge on any atom is 2.00 e. The van der Waals surface area contributed by atoms with Gasteiger partial charge >= 0.3 is 23.1 Å². The van der Waals surface area contributed by atoms with Crippen molar-refractivity contribution in [3.63, 3.8) is 0 Å². The monoisotopic (exact) mass is 234 g/mol. The average molecular weight is 234 g/mol. The minimum atomic E-state index is -1.08. The average Bonchev–Trinajstić information content (AvgIpc) is 2.01. The second-order valence-corrected chi connectivity index (χ2v) is 2.00. The van der Waals surface area contributed by atoms with Crippen LogP contribution in [0.1, 0.15) is 13.8 Å². The molecule has 8 heteroatoms. The summed E-state index contributed by atoms with van der Waals surface area (Å²) in [5.74, 6) is -2.17. The SMILES string of the molecule is CC(=O)[O-].CC(=O)[O-].OCC(O)CO.[Mg+2]. The molecule has 0 spiro atoms. The first-order chi connectivity index (χ1) is 6.27. The third-order valence-corrected chi connectivity index (χ3v) is 0.421. The van der Waals surface area contributed by atoms with E-state index in [2.05, 4.69) is 0 Å². The zero-order valence-electron chi connectivity index (χ0n) is 8.67. The Hall–Kier alpha value is -0.414. The number of aliphatic carboxylic acids is 2. The molecule has 0 aliphatic heterocycles. The molecular weight excluding hydrogens is 220 g/mol. The van der Waals surface area contributed by atoms with Crippen LogP contribution >= 0.6 is 0 Å². The summed E-state index contributed by atoms with van der Waals surface area (Å²) in [7, 11) is 0. The first kappa shape index (κ1) is 24.0. The van der Waals surface area contributed by atoms with E-state index in [0.29, 0.717) is 0 Å². The Kier molecular flexibility index (Phi) is 30.8. The molecule has 0 aliphatic carbocycles. The van der Waals surface area contributed by atoms with Gasteiger partial charge in [0.25, 0.3) is 0 Å². The topological polar surface area (TPSA) is 141 Å². The quantitative estimate of drug-likeness (QED) is 0.409. The van der Waals surface area contributed by atoms with Crippen LogP contribution < -0.4 is 10.2 Å². The number of carbonyl (C=O) groups is 2. The van der Waals surface area contributed by atoms with Crippen molar-refractivity contribution in [1.29, 1.82) is 0 Å². The molecule has 0 aromatic heterocycles. The number of aliphatic hydroxyl groups is 3. The molecule has 0 rings (SSSR count). The molecule has 0 radical (unpaired) electrons. The van der Waals surface area contributed by atoms with Gasteiger partial charge in [-0.25, -0.2) is 0 Å². The second-order valence-electron chi connectivity index (χ2n) is 2.00. The molecule has 0 saturated heterocycles. The smallest absolute Gasteiger partial charge is 0.550 e. The predicted molar refractivity (Wildman–Crippen MR) is 47.3 cm³/mol. The molecule has 0 fully saturated rings. The number of carbonyl (C=O) groups excluding carboxylic acids is 2. The largest absolute Gasteiger partial charge is 2.00 e. The minimum Gasteiger partial charge on any atom is -0.550 e. The Morgan fingerprint density at radius 3 is 1.20 bits per heavy atom. The summed E-state index contributed by atoms with van der Waals surface area (Å²) in [5.41, 5.74) is 0. The maximum atomic E-state index is 8.89. The maximum absolute atomic E-state index is 8.89. The van der Waals surface area contributed by atoms with Gasteiger partial charge in [-0.15, -0.1) is 0 Å². The molecule has 0 atom stereocenters. The van der Waals surface area contributed by atoms with E-state index in [-0.39, 0.29) is 36.3 Å². The molecule has 0 amide bonds. The van der Waals surface area contributed by atoms with Gasteiger partial charge in [0.2, 0.25) is 0 Å². The standard InChI is InChI=1S/C3H8O3.2C2H4O2.Mg/c4-1-3(6)2-5;2*1-2(3)4;/h3-6H,1-2H2;2*1H3,(H,3,4);/q;;;+2/p-2. The summed E-state index contributed by atoms with van der Waals surface area (Å²) in [4.78, 5) is 17.8. The van der Waals surface area contributed by atoms with Crippen LogP contribution in [0, 0.1) is 0 Å². The van der Waals surface area contributed by atoms with E-state index in [0.717, 1.165) is 13.8 Å². The summed E-state index contributed by atoms with van der Waals surface area (Å²) >= 11 is 0. The Morgan fingerprint density at radius 2 is 1.20 bits per heavy atom. The Morgan fingerprint density at radius 1 is 1.07 bits per heavy atom. The summed E-state index contributed by atoms with van der Waals surface area (Å²) in [6.45, 7) is 1.22. The van der Waals surface area contributed by atoms with Crippen molar-refractivity contribution in [2.24, 2.45) is 0 Å². The molecule has 0 aliphatic rings. The molecule has 0 heterocycles. The number of aliphatic hydroxyl groups excluding tert-OH is 3. The van der Waals surface area contributed by atoms with Crippen molar-refractivity contribution >= 4 is 35.0 Å². The first-order valence-electron chi connectivity index (χ1n) is 3.52. The van der Waals surface area contributed by atoms with Crippen molar-refractivity contribution in [3.05, 3.63) is 0 Å². The van der Waals surface area contributed by atoms with Crippen molar-refractivity contribution in [2.75, 3.05) is 13.2 Å². The van der Waals surface area contributed by atoms with E-state index < -0.39 is 18.0 Å². The van der Waals surface area contributed by atoms with Gasteiger partial charge in [-0.1, -0.05) is 0 Å². The third-order valence-electron chi connectivity index (χ3n) is 0.421. The number of hydrogen-bond donors (Lipinski definition) is 3. The zero-order chi connectivity index (χ0) is 12.1. The van der Waals surface area contributed by atoms with Crippen molar-refractivity contribution in [1.82, 2.24) is 0 Å². The van der Waals surface area contributed by atoms with Gasteiger partial charge in [0.1, 0.15) is 6.10 Å². The van der Waals surface area contributed by atoms with Gasteiger partial charge in [-0.05, 0) is 13.8 Å². The van der Waals surface area contributed by atoms with Gasteiger partial charge in [-0.3, -0.25) is 0 Å². The molecular formula is C7H14MgO7. The number of carboxylic acid groups (broad SMARTS) is 2. The number of carboxylic acids is 2. The Labute approximate surface area is 104 Å². The van der Waals surface area contributed by atoms with Crippen LogP contribution in [0.5, 0.6) is 0 Å². The van der Waals surface area contributed by atoms with Crippen LogP contribution in [0.25, 0.3) is 0 Å². The van der Waals surface area contributed by atoms with E-state index >= 15 is 0 Å². The van der Waals surface area contributed by atoms with Gasteiger partial charge in [0.15, 0.2) is 0 Å². The molecule has 0 aromatic rings. The number of rotatable bonds is 2. The van der Waals surface area contributed by atoms with Crippen LogP contribution in [-0.2, 0) is 9.59 Å².